The molecule has 0 saturated carbocycles. The van der Waals surface area contributed by atoms with E-state index in [0.717, 1.165) is 6.07 Å². The topological polar surface area (TPSA) is 44.0 Å². The van der Waals surface area contributed by atoms with Gasteiger partial charge in [0, 0.05) is 6.07 Å². The first-order valence-corrected chi connectivity index (χ1v) is 4.69. The minimum absolute atomic E-state index is 0.127. The highest BCUT2D eigenvalue weighted by molar-refractivity contribution is 5.66. The summed E-state index contributed by atoms with van der Waals surface area (Å²) in [5.74, 6) is -0.630. The second kappa shape index (κ2) is 4.03. The van der Waals surface area contributed by atoms with Crippen LogP contribution in [0, 0.1) is 17.1 Å². The maximum Gasteiger partial charge on any atom is 0.127 e. The third kappa shape index (κ3) is 2.01. The van der Waals surface area contributed by atoms with Crippen molar-refractivity contribution in [2.45, 2.75) is 0 Å². The van der Waals surface area contributed by atoms with Crippen LogP contribution in [0.3, 0.4) is 0 Å². The van der Waals surface area contributed by atoms with E-state index in [9.17, 15) is 9.50 Å². The summed E-state index contributed by atoms with van der Waals surface area (Å²) in [7, 11) is 0. The predicted octanol–water partition coefficient (Wildman–Crippen LogP) is 3.07. The molecule has 0 aromatic heterocycles. The maximum atomic E-state index is 13.1. The Labute approximate surface area is 92.2 Å². The largest absolute Gasteiger partial charge is 0.508 e. The van der Waals surface area contributed by atoms with Crippen LogP contribution in [-0.2, 0) is 0 Å². The summed E-state index contributed by atoms with van der Waals surface area (Å²) in [6, 6.07) is 12.6. The van der Waals surface area contributed by atoms with E-state index in [2.05, 4.69) is 0 Å². The van der Waals surface area contributed by atoms with E-state index < -0.39 is 5.82 Å². The van der Waals surface area contributed by atoms with Crippen molar-refractivity contribution in [3.63, 3.8) is 0 Å². The molecule has 0 unspecified atom stereocenters. The fourth-order valence-electron chi connectivity index (χ4n) is 1.51. The molecular weight excluding hydrogens is 205 g/mol. The Balaban J connectivity index is 2.54. The molecule has 16 heavy (non-hydrogen) atoms. The second-order valence-corrected chi connectivity index (χ2v) is 3.39. The molecule has 2 aromatic carbocycles. The first-order valence-electron chi connectivity index (χ1n) is 4.69. The van der Waals surface area contributed by atoms with Crippen LogP contribution in [0.4, 0.5) is 4.39 Å². The molecule has 2 rings (SSSR count). The number of phenolic OH excluding ortho intramolecular Hbond substituents is 1. The molecule has 0 fully saturated rings. The van der Waals surface area contributed by atoms with E-state index in [1.54, 1.807) is 24.3 Å². The number of halogens is 1. The van der Waals surface area contributed by atoms with Crippen LogP contribution in [0.5, 0.6) is 5.75 Å². The van der Waals surface area contributed by atoms with Crippen molar-refractivity contribution in [2.75, 3.05) is 0 Å². The van der Waals surface area contributed by atoms with E-state index in [1.807, 2.05) is 6.07 Å². The molecular formula is C13H8FNO. The van der Waals surface area contributed by atoms with E-state index in [0.29, 0.717) is 16.7 Å². The number of aromatic hydroxyl groups is 1. The SMILES string of the molecule is N#Cc1cccc(-c2cc(O)cc(F)c2)c1. The standard InChI is InChI=1S/C13H8FNO/c14-12-5-11(6-13(16)7-12)10-3-1-2-9(4-10)8-15/h1-7,16H. The highest BCUT2D eigenvalue weighted by Gasteiger charge is 2.03. The normalized spacial score (nSPS) is 9.75. The molecule has 2 aromatic rings. The molecule has 1 N–H and O–H groups in total. The highest BCUT2D eigenvalue weighted by atomic mass is 19.1. The average Bonchev–Trinajstić information content (AvgIpc) is 2.28. The summed E-state index contributed by atoms with van der Waals surface area (Å²) >= 11 is 0. The van der Waals surface area contributed by atoms with E-state index in [1.165, 1.54) is 12.1 Å². The molecule has 3 heteroatoms. The van der Waals surface area contributed by atoms with E-state index in [-0.39, 0.29) is 5.75 Å². The maximum absolute atomic E-state index is 13.1. The van der Waals surface area contributed by atoms with Gasteiger partial charge in [0.05, 0.1) is 11.6 Å². The summed E-state index contributed by atoms with van der Waals surface area (Å²) in [5.41, 5.74) is 1.75. The van der Waals surface area contributed by atoms with Gasteiger partial charge in [0.1, 0.15) is 11.6 Å². The number of hydrogen-bond donors (Lipinski definition) is 1. The van der Waals surface area contributed by atoms with Gasteiger partial charge in [-0.1, -0.05) is 12.1 Å². The molecule has 0 saturated heterocycles. The van der Waals surface area contributed by atoms with Crippen LogP contribution in [0.2, 0.25) is 0 Å². The Morgan fingerprint density at radius 3 is 2.56 bits per heavy atom. The van der Waals surface area contributed by atoms with Crippen molar-refractivity contribution in [3.8, 4) is 22.9 Å². The third-order valence-electron chi connectivity index (χ3n) is 2.21. The fraction of sp³-hybridized carbons (Fsp3) is 0. The summed E-state index contributed by atoms with van der Waals surface area (Å²) in [6.07, 6.45) is 0. The van der Waals surface area contributed by atoms with Gasteiger partial charge in [-0.3, -0.25) is 0 Å². The zero-order valence-corrected chi connectivity index (χ0v) is 8.31. The van der Waals surface area contributed by atoms with Crippen LogP contribution >= 0.6 is 0 Å². The van der Waals surface area contributed by atoms with Gasteiger partial charge < -0.3 is 5.11 Å². The second-order valence-electron chi connectivity index (χ2n) is 3.39. The Morgan fingerprint density at radius 1 is 1.06 bits per heavy atom. The lowest BCUT2D eigenvalue weighted by Gasteiger charge is -2.03. The summed E-state index contributed by atoms with van der Waals surface area (Å²) in [6.45, 7) is 0. The molecule has 2 nitrogen and oxygen atoms in total. The van der Waals surface area contributed by atoms with Crippen molar-refractivity contribution >= 4 is 0 Å². The smallest absolute Gasteiger partial charge is 0.127 e. The lowest BCUT2D eigenvalue weighted by Crippen LogP contribution is -1.82. The van der Waals surface area contributed by atoms with Crippen molar-refractivity contribution < 1.29 is 9.50 Å². The van der Waals surface area contributed by atoms with Gasteiger partial charge in [-0.15, -0.1) is 0 Å². The van der Waals surface area contributed by atoms with Crippen molar-refractivity contribution in [3.05, 3.63) is 53.8 Å². The monoisotopic (exact) mass is 213 g/mol. The third-order valence-corrected chi connectivity index (χ3v) is 2.21. The number of rotatable bonds is 1. The average molecular weight is 213 g/mol. The lowest BCUT2D eigenvalue weighted by molar-refractivity contribution is 0.469. The quantitative estimate of drug-likeness (QED) is 0.791. The number of nitrogens with zero attached hydrogens (tertiary/aromatic N) is 1. The Bertz CT molecular complexity index is 552. The van der Waals surface area contributed by atoms with Crippen molar-refractivity contribution in [2.24, 2.45) is 0 Å². The molecule has 78 valence electrons. The molecule has 0 aliphatic rings. The zero-order valence-electron chi connectivity index (χ0n) is 8.31. The minimum atomic E-state index is -0.502. The summed E-state index contributed by atoms with van der Waals surface area (Å²) in [5, 5.41) is 18.0. The highest BCUT2D eigenvalue weighted by Crippen LogP contribution is 2.25. The first kappa shape index (κ1) is 10.2. The zero-order chi connectivity index (χ0) is 11.5. The van der Waals surface area contributed by atoms with Gasteiger partial charge in [0.2, 0.25) is 0 Å². The van der Waals surface area contributed by atoms with Gasteiger partial charge in [0.25, 0.3) is 0 Å². The molecule has 0 bridgehead atoms. The number of phenols is 1. The molecule has 0 radical (unpaired) electrons. The lowest BCUT2D eigenvalue weighted by atomic mass is 10.0. The van der Waals surface area contributed by atoms with E-state index in [4.69, 9.17) is 5.26 Å². The molecule has 0 heterocycles. The Hall–Kier alpha value is -2.34. The van der Waals surface area contributed by atoms with E-state index >= 15 is 0 Å². The Kier molecular flexibility index (Phi) is 2.57. The van der Waals surface area contributed by atoms with Gasteiger partial charge in [0.15, 0.2) is 0 Å². The van der Waals surface area contributed by atoms with Crippen LogP contribution < -0.4 is 0 Å². The number of hydrogen-bond acceptors (Lipinski definition) is 2. The molecule has 0 spiro atoms. The van der Waals surface area contributed by atoms with Gasteiger partial charge in [-0.2, -0.15) is 5.26 Å². The van der Waals surface area contributed by atoms with Gasteiger partial charge >= 0.3 is 0 Å². The predicted molar refractivity (Wildman–Crippen MR) is 58.2 cm³/mol. The van der Waals surface area contributed by atoms with Gasteiger partial charge in [-0.25, -0.2) is 4.39 Å². The molecule has 0 aliphatic heterocycles. The molecule has 0 aliphatic carbocycles. The number of nitriles is 1. The first-order chi connectivity index (χ1) is 7.69. The van der Waals surface area contributed by atoms with Gasteiger partial charge in [-0.05, 0) is 35.4 Å². The molecule has 0 atom stereocenters. The number of benzene rings is 2. The van der Waals surface area contributed by atoms with Crippen LogP contribution in [-0.4, -0.2) is 5.11 Å². The molecule has 0 amide bonds. The Morgan fingerprint density at radius 2 is 1.88 bits per heavy atom. The summed E-state index contributed by atoms with van der Waals surface area (Å²) < 4.78 is 13.1. The minimum Gasteiger partial charge on any atom is -0.508 e. The summed E-state index contributed by atoms with van der Waals surface area (Å²) in [4.78, 5) is 0. The van der Waals surface area contributed by atoms with Crippen molar-refractivity contribution in [1.82, 2.24) is 0 Å². The van der Waals surface area contributed by atoms with Crippen LogP contribution in [0.1, 0.15) is 5.56 Å². The fourth-order valence-corrected chi connectivity index (χ4v) is 1.51. The van der Waals surface area contributed by atoms with Crippen molar-refractivity contribution in [1.29, 1.82) is 5.26 Å². The van der Waals surface area contributed by atoms with Crippen LogP contribution in [0.15, 0.2) is 42.5 Å². The van der Waals surface area contributed by atoms with Crippen LogP contribution in [0.25, 0.3) is 11.1 Å².